The Kier molecular flexibility index (Phi) is 2.21. The summed E-state index contributed by atoms with van der Waals surface area (Å²) in [5.74, 6) is 0.457. The molecule has 0 spiro atoms. The molecule has 15 heavy (non-hydrogen) atoms. The number of primary amides is 1. The highest BCUT2D eigenvalue weighted by Crippen LogP contribution is 2.17. The molecule has 0 fully saturated rings. The van der Waals surface area contributed by atoms with E-state index in [1.165, 1.54) is 0 Å². The Labute approximate surface area is 85.9 Å². The number of hydrogen-bond acceptors (Lipinski definition) is 4. The fourth-order valence-corrected chi connectivity index (χ4v) is 1.22. The molecule has 0 atom stereocenters. The van der Waals surface area contributed by atoms with Crippen LogP contribution in [0.1, 0.15) is 16.2 Å². The minimum Gasteiger partial charge on any atom is -0.366 e. The standard InChI is InChI=1S/C10H9N3O2/c1-6-12-10(15-13-6)8-4-2-3-7(5-8)9(11)14/h2-5H,1H3,(H2,11,14). The van der Waals surface area contributed by atoms with E-state index in [1.807, 2.05) is 0 Å². The third kappa shape index (κ3) is 1.85. The van der Waals surface area contributed by atoms with Crippen LogP contribution < -0.4 is 5.73 Å². The number of nitrogens with two attached hydrogens (primary N) is 1. The molecule has 76 valence electrons. The number of carbonyl (C=O) groups excluding carboxylic acids is 1. The molecule has 0 aliphatic rings. The fraction of sp³-hybridized carbons (Fsp3) is 0.100. The van der Waals surface area contributed by atoms with Crippen molar-refractivity contribution in [3.05, 3.63) is 35.7 Å². The zero-order valence-corrected chi connectivity index (χ0v) is 8.10. The van der Waals surface area contributed by atoms with Gasteiger partial charge in [0.05, 0.1) is 0 Å². The molecule has 1 aromatic heterocycles. The van der Waals surface area contributed by atoms with Gasteiger partial charge in [0.2, 0.25) is 5.91 Å². The van der Waals surface area contributed by atoms with Gasteiger partial charge in [-0.25, -0.2) is 0 Å². The molecular formula is C10H9N3O2. The van der Waals surface area contributed by atoms with Gasteiger partial charge < -0.3 is 10.3 Å². The van der Waals surface area contributed by atoms with Crippen LogP contribution in [0.5, 0.6) is 0 Å². The molecule has 2 aromatic rings. The third-order valence-electron chi connectivity index (χ3n) is 1.92. The first-order valence-electron chi connectivity index (χ1n) is 4.37. The van der Waals surface area contributed by atoms with Gasteiger partial charge in [-0.3, -0.25) is 4.79 Å². The zero-order valence-electron chi connectivity index (χ0n) is 8.10. The molecule has 1 amide bonds. The summed E-state index contributed by atoms with van der Waals surface area (Å²) in [5, 5.41) is 3.67. The Morgan fingerprint density at radius 3 is 2.87 bits per heavy atom. The number of aryl methyl sites for hydroxylation is 1. The van der Waals surface area contributed by atoms with Crippen LogP contribution in [0.3, 0.4) is 0 Å². The molecule has 0 aliphatic heterocycles. The van der Waals surface area contributed by atoms with Crippen LogP contribution in [-0.4, -0.2) is 16.0 Å². The number of amides is 1. The van der Waals surface area contributed by atoms with Crippen molar-refractivity contribution >= 4 is 5.91 Å². The minimum atomic E-state index is -0.479. The molecule has 1 heterocycles. The smallest absolute Gasteiger partial charge is 0.257 e. The van der Waals surface area contributed by atoms with Gasteiger partial charge in [0.15, 0.2) is 5.82 Å². The maximum atomic E-state index is 10.9. The first kappa shape index (κ1) is 9.39. The van der Waals surface area contributed by atoms with E-state index >= 15 is 0 Å². The summed E-state index contributed by atoms with van der Waals surface area (Å²) in [6, 6.07) is 6.75. The van der Waals surface area contributed by atoms with Gasteiger partial charge in [0.25, 0.3) is 5.89 Å². The molecule has 0 bridgehead atoms. The van der Waals surface area contributed by atoms with Crippen LogP contribution in [0, 0.1) is 6.92 Å². The van der Waals surface area contributed by atoms with Gasteiger partial charge in [0, 0.05) is 11.1 Å². The number of carbonyl (C=O) groups is 1. The number of rotatable bonds is 2. The van der Waals surface area contributed by atoms with Crippen molar-refractivity contribution in [3.8, 4) is 11.5 Å². The van der Waals surface area contributed by atoms with Crippen molar-refractivity contribution in [1.82, 2.24) is 10.1 Å². The van der Waals surface area contributed by atoms with Crippen LogP contribution in [0.15, 0.2) is 28.8 Å². The summed E-state index contributed by atoms with van der Waals surface area (Å²) >= 11 is 0. The van der Waals surface area contributed by atoms with E-state index in [-0.39, 0.29) is 0 Å². The lowest BCUT2D eigenvalue weighted by Crippen LogP contribution is -2.10. The third-order valence-corrected chi connectivity index (χ3v) is 1.92. The second-order valence-electron chi connectivity index (χ2n) is 3.09. The Balaban J connectivity index is 2.45. The molecular weight excluding hydrogens is 194 g/mol. The topological polar surface area (TPSA) is 82.0 Å². The van der Waals surface area contributed by atoms with E-state index in [4.69, 9.17) is 10.3 Å². The second kappa shape index (κ2) is 3.53. The highest BCUT2D eigenvalue weighted by Gasteiger charge is 2.08. The monoisotopic (exact) mass is 203 g/mol. The summed E-state index contributed by atoms with van der Waals surface area (Å²) in [6.45, 7) is 1.73. The summed E-state index contributed by atoms with van der Waals surface area (Å²) in [7, 11) is 0. The normalized spacial score (nSPS) is 10.2. The van der Waals surface area contributed by atoms with Gasteiger partial charge >= 0.3 is 0 Å². The van der Waals surface area contributed by atoms with Crippen molar-refractivity contribution in [3.63, 3.8) is 0 Å². The lowest BCUT2D eigenvalue weighted by Gasteiger charge is -1.97. The summed E-state index contributed by atoms with van der Waals surface area (Å²) < 4.78 is 4.97. The lowest BCUT2D eigenvalue weighted by molar-refractivity contribution is 0.100. The van der Waals surface area contributed by atoms with Gasteiger partial charge in [-0.1, -0.05) is 11.2 Å². The Morgan fingerprint density at radius 2 is 2.27 bits per heavy atom. The molecule has 5 heteroatoms. The van der Waals surface area contributed by atoms with Gasteiger partial charge in [0.1, 0.15) is 0 Å². The van der Waals surface area contributed by atoms with Crippen molar-refractivity contribution in [1.29, 1.82) is 0 Å². The maximum absolute atomic E-state index is 10.9. The van der Waals surface area contributed by atoms with Crippen LogP contribution in [0.4, 0.5) is 0 Å². The predicted molar refractivity (Wildman–Crippen MR) is 53.0 cm³/mol. The van der Waals surface area contributed by atoms with Crippen LogP contribution in [-0.2, 0) is 0 Å². The van der Waals surface area contributed by atoms with Gasteiger partial charge in [-0.05, 0) is 25.1 Å². The molecule has 2 rings (SSSR count). The Bertz CT molecular complexity index is 505. The second-order valence-corrected chi connectivity index (χ2v) is 3.09. The average molecular weight is 203 g/mol. The molecule has 1 aromatic carbocycles. The number of nitrogens with zero attached hydrogens (tertiary/aromatic N) is 2. The number of aromatic nitrogens is 2. The van der Waals surface area contributed by atoms with Crippen molar-refractivity contribution in [2.24, 2.45) is 5.73 Å². The average Bonchev–Trinajstić information content (AvgIpc) is 2.65. The van der Waals surface area contributed by atoms with Crippen LogP contribution >= 0.6 is 0 Å². The van der Waals surface area contributed by atoms with Crippen LogP contribution in [0.25, 0.3) is 11.5 Å². The van der Waals surface area contributed by atoms with Crippen molar-refractivity contribution in [2.45, 2.75) is 6.92 Å². The SMILES string of the molecule is Cc1noc(-c2cccc(C(N)=O)c2)n1. The highest BCUT2D eigenvalue weighted by molar-refractivity contribution is 5.93. The Hall–Kier alpha value is -2.17. The van der Waals surface area contributed by atoms with E-state index in [0.29, 0.717) is 22.8 Å². The zero-order chi connectivity index (χ0) is 10.8. The molecule has 0 aliphatic carbocycles. The molecule has 0 saturated carbocycles. The van der Waals surface area contributed by atoms with E-state index in [9.17, 15) is 4.79 Å². The Morgan fingerprint density at radius 1 is 1.47 bits per heavy atom. The van der Waals surface area contributed by atoms with Gasteiger partial charge in [-0.15, -0.1) is 0 Å². The van der Waals surface area contributed by atoms with E-state index in [2.05, 4.69) is 10.1 Å². The predicted octanol–water partition coefficient (Wildman–Crippen LogP) is 1.14. The van der Waals surface area contributed by atoms with E-state index in [1.54, 1.807) is 31.2 Å². The number of hydrogen-bond donors (Lipinski definition) is 1. The maximum Gasteiger partial charge on any atom is 0.257 e. The quantitative estimate of drug-likeness (QED) is 0.793. The van der Waals surface area contributed by atoms with Crippen molar-refractivity contribution in [2.75, 3.05) is 0 Å². The lowest BCUT2D eigenvalue weighted by atomic mass is 10.1. The van der Waals surface area contributed by atoms with Crippen molar-refractivity contribution < 1.29 is 9.32 Å². The molecule has 0 unspecified atom stereocenters. The molecule has 2 N–H and O–H groups in total. The highest BCUT2D eigenvalue weighted by atomic mass is 16.5. The van der Waals surface area contributed by atoms with E-state index < -0.39 is 5.91 Å². The summed E-state index contributed by atoms with van der Waals surface area (Å²) in [6.07, 6.45) is 0. The summed E-state index contributed by atoms with van der Waals surface area (Å²) in [5.41, 5.74) is 6.27. The first-order valence-corrected chi connectivity index (χ1v) is 4.37. The molecule has 0 saturated heterocycles. The van der Waals surface area contributed by atoms with E-state index in [0.717, 1.165) is 0 Å². The van der Waals surface area contributed by atoms with Crippen LogP contribution in [0.2, 0.25) is 0 Å². The van der Waals surface area contributed by atoms with Gasteiger partial charge in [-0.2, -0.15) is 4.98 Å². The summed E-state index contributed by atoms with van der Waals surface area (Å²) in [4.78, 5) is 15.0. The fourth-order valence-electron chi connectivity index (χ4n) is 1.22. The minimum absolute atomic E-state index is 0.385. The largest absolute Gasteiger partial charge is 0.366 e. The molecule has 0 radical (unpaired) electrons. The first-order chi connectivity index (χ1) is 7.16. The number of benzene rings is 1. The molecule has 5 nitrogen and oxygen atoms in total.